The van der Waals surface area contributed by atoms with Gasteiger partial charge in [0.25, 0.3) is 0 Å². The van der Waals surface area contributed by atoms with Gasteiger partial charge in [-0.15, -0.1) is 0 Å². The zero-order valence-electron chi connectivity index (χ0n) is 31.8. The van der Waals surface area contributed by atoms with Gasteiger partial charge in [0.15, 0.2) is 0 Å². The molecular weight excluding hydrogens is 550 g/mol. The summed E-state index contributed by atoms with van der Waals surface area (Å²) >= 11 is 0. The Kier molecular flexibility index (Phi) is 35.7. The van der Waals surface area contributed by atoms with Crippen molar-refractivity contribution in [2.45, 2.75) is 200 Å². The Balaban J connectivity index is 3.63. The predicted molar refractivity (Wildman–Crippen MR) is 202 cm³/mol. The average molecular weight is 635 g/mol. The van der Waals surface area contributed by atoms with E-state index in [1.54, 1.807) is 0 Å². The van der Waals surface area contributed by atoms with Crippen LogP contribution in [0.1, 0.15) is 194 Å². The van der Waals surface area contributed by atoms with Gasteiger partial charge in [0, 0.05) is 13.2 Å². The molecule has 3 heteroatoms. The van der Waals surface area contributed by atoms with Gasteiger partial charge >= 0.3 is 0 Å². The van der Waals surface area contributed by atoms with E-state index in [1.807, 2.05) is 0 Å². The Morgan fingerprint density at radius 2 is 0.756 bits per heavy atom. The summed E-state index contributed by atoms with van der Waals surface area (Å²) in [5.41, 5.74) is 0. The van der Waals surface area contributed by atoms with E-state index >= 15 is 0 Å². The van der Waals surface area contributed by atoms with Gasteiger partial charge in [-0.25, -0.2) is 0 Å². The Bertz CT molecular complexity index is 608. The Morgan fingerprint density at radius 1 is 0.422 bits per heavy atom. The first-order valence-corrected chi connectivity index (χ1v) is 20.3. The van der Waals surface area contributed by atoms with E-state index in [0.717, 1.165) is 30.8 Å². The lowest BCUT2D eigenvalue weighted by atomic mass is 10.1. The molecule has 0 fully saturated rings. The van der Waals surface area contributed by atoms with E-state index < -0.39 is 0 Å². The summed E-state index contributed by atoms with van der Waals surface area (Å²) in [4.78, 5) is 0. The van der Waals surface area contributed by atoms with Gasteiger partial charge in [0.2, 0.25) is 0 Å². The van der Waals surface area contributed by atoms with Gasteiger partial charge in [-0.3, -0.25) is 0 Å². The quantitative estimate of drug-likeness (QED) is 0.0384. The normalized spacial score (nSPS) is 13.1. The molecule has 0 aromatic carbocycles. The highest BCUT2D eigenvalue weighted by Crippen LogP contribution is 2.12. The van der Waals surface area contributed by atoms with Crippen molar-refractivity contribution in [3.63, 3.8) is 0 Å². The molecule has 268 valence electrons. The molecule has 3 nitrogen and oxygen atoms in total. The molecule has 0 heterocycles. The molecule has 1 atom stereocenters. The maximum Gasteiger partial charge on any atom is 0.130 e. The van der Waals surface area contributed by atoms with E-state index in [0.29, 0.717) is 0 Å². The van der Waals surface area contributed by atoms with Crippen LogP contribution in [-0.4, -0.2) is 58.1 Å². The Hall–Kier alpha value is -0.640. The van der Waals surface area contributed by atoms with Crippen molar-refractivity contribution in [2.24, 2.45) is 0 Å². The summed E-state index contributed by atoms with van der Waals surface area (Å²) in [6.45, 7) is 8.10. The first-order chi connectivity index (χ1) is 22.0. The SMILES string of the molecule is CCCCCCCC/C=C\CCCCCCCCOCC(C[N+](C)(C)C)OCCCCCCCC/C=C\CCCCCCCC. The van der Waals surface area contributed by atoms with Gasteiger partial charge in [-0.05, 0) is 64.2 Å². The van der Waals surface area contributed by atoms with Crippen molar-refractivity contribution in [2.75, 3.05) is 47.5 Å². The number of quaternary nitrogens is 1. The number of nitrogens with zero attached hydrogens (tertiary/aromatic N) is 1. The molecule has 0 bridgehead atoms. The first-order valence-electron chi connectivity index (χ1n) is 20.3. The topological polar surface area (TPSA) is 18.5 Å². The molecule has 0 aliphatic heterocycles. The fourth-order valence-electron chi connectivity index (χ4n) is 6.03. The van der Waals surface area contributed by atoms with Gasteiger partial charge in [-0.2, -0.15) is 0 Å². The summed E-state index contributed by atoms with van der Waals surface area (Å²) < 4.78 is 13.3. The third kappa shape index (κ3) is 39.5. The van der Waals surface area contributed by atoms with E-state index in [9.17, 15) is 0 Å². The van der Waals surface area contributed by atoms with Gasteiger partial charge in [-0.1, -0.05) is 154 Å². The van der Waals surface area contributed by atoms with Gasteiger partial charge in [0.1, 0.15) is 12.6 Å². The van der Waals surface area contributed by atoms with E-state index in [1.165, 1.54) is 180 Å². The van der Waals surface area contributed by atoms with Crippen LogP contribution >= 0.6 is 0 Å². The molecule has 0 N–H and O–H groups in total. The second-order valence-electron chi connectivity index (χ2n) is 14.9. The molecule has 0 amide bonds. The van der Waals surface area contributed by atoms with Crippen molar-refractivity contribution in [3.05, 3.63) is 24.3 Å². The number of unbranched alkanes of at least 4 members (excludes halogenated alkanes) is 24. The number of allylic oxidation sites excluding steroid dienone is 4. The zero-order chi connectivity index (χ0) is 32.9. The molecule has 0 radical (unpaired) electrons. The van der Waals surface area contributed by atoms with Crippen LogP contribution in [0.5, 0.6) is 0 Å². The number of hydrogen-bond donors (Lipinski definition) is 0. The van der Waals surface area contributed by atoms with E-state index in [-0.39, 0.29) is 6.10 Å². The second kappa shape index (κ2) is 36.2. The van der Waals surface area contributed by atoms with E-state index in [4.69, 9.17) is 9.47 Å². The molecule has 0 aromatic rings. The maximum absolute atomic E-state index is 6.32. The molecule has 0 saturated carbocycles. The standard InChI is InChI=1S/C42H84NO2/c1-6-8-10-12-14-16-18-20-22-24-26-28-30-32-34-36-38-44-41-42(40-43(3,4)5)45-39-37-35-33-31-29-27-25-23-21-19-17-15-13-11-9-7-2/h20-23,42H,6-19,24-41H2,1-5H3/q+1/b22-20-,23-21-. The second-order valence-corrected chi connectivity index (χ2v) is 14.9. The lowest BCUT2D eigenvalue weighted by Crippen LogP contribution is -2.44. The monoisotopic (exact) mass is 635 g/mol. The van der Waals surface area contributed by atoms with Crippen LogP contribution in [0.4, 0.5) is 0 Å². The van der Waals surface area contributed by atoms with Gasteiger partial charge < -0.3 is 14.0 Å². The molecule has 1 unspecified atom stereocenters. The number of likely N-dealkylation sites (N-methyl/N-ethyl adjacent to an activating group) is 1. The summed E-state index contributed by atoms with van der Waals surface area (Å²) in [5, 5.41) is 0. The lowest BCUT2D eigenvalue weighted by molar-refractivity contribution is -0.873. The van der Waals surface area contributed by atoms with Gasteiger partial charge in [0.05, 0.1) is 27.7 Å². The molecule has 0 spiro atoms. The van der Waals surface area contributed by atoms with Crippen molar-refractivity contribution < 1.29 is 14.0 Å². The highest BCUT2D eigenvalue weighted by atomic mass is 16.5. The number of rotatable bonds is 37. The highest BCUT2D eigenvalue weighted by Gasteiger charge is 2.19. The third-order valence-corrected chi connectivity index (χ3v) is 8.87. The van der Waals surface area contributed by atoms with Crippen LogP contribution in [-0.2, 0) is 9.47 Å². The minimum absolute atomic E-state index is 0.210. The predicted octanol–water partition coefficient (Wildman–Crippen LogP) is 13.2. The molecular formula is C42H84NO2+. The molecule has 0 aliphatic carbocycles. The fraction of sp³-hybridized carbons (Fsp3) is 0.905. The zero-order valence-corrected chi connectivity index (χ0v) is 31.8. The molecule has 45 heavy (non-hydrogen) atoms. The minimum Gasteiger partial charge on any atom is -0.379 e. The smallest absolute Gasteiger partial charge is 0.130 e. The van der Waals surface area contributed by atoms with Crippen LogP contribution in [0.15, 0.2) is 24.3 Å². The van der Waals surface area contributed by atoms with Crippen molar-refractivity contribution >= 4 is 0 Å². The molecule has 0 aromatic heterocycles. The van der Waals surface area contributed by atoms with Crippen molar-refractivity contribution in [1.29, 1.82) is 0 Å². The van der Waals surface area contributed by atoms with Crippen molar-refractivity contribution in [3.8, 4) is 0 Å². The van der Waals surface area contributed by atoms with E-state index in [2.05, 4.69) is 59.3 Å². The summed E-state index contributed by atoms with van der Waals surface area (Å²) in [7, 11) is 6.77. The lowest BCUT2D eigenvalue weighted by Gasteiger charge is -2.29. The minimum atomic E-state index is 0.210. The molecule has 0 rings (SSSR count). The largest absolute Gasteiger partial charge is 0.379 e. The van der Waals surface area contributed by atoms with Crippen molar-refractivity contribution in [1.82, 2.24) is 0 Å². The van der Waals surface area contributed by atoms with Crippen LogP contribution in [0.3, 0.4) is 0 Å². The summed E-state index contributed by atoms with van der Waals surface area (Å²) in [5.74, 6) is 0. The van der Waals surface area contributed by atoms with Crippen LogP contribution in [0.2, 0.25) is 0 Å². The average Bonchev–Trinajstić information content (AvgIpc) is 3.01. The summed E-state index contributed by atoms with van der Waals surface area (Å²) in [6.07, 6.45) is 47.6. The van der Waals surface area contributed by atoms with Crippen LogP contribution in [0, 0.1) is 0 Å². The Morgan fingerprint density at radius 3 is 1.13 bits per heavy atom. The van der Waals surface area contributed by atoms with Crippen LogP contribution < -0.4 is 0 Å². The Labute approximate surface area is 285 Å². The highest BCUT2D eigenvalue weighted by molar-refractivity contribution is 4.82. The fourth-order valence-corrected chi connectivity index (χ4v) is 6.03. The first kappa shape index (κ1) is 44.4. The third-order valence-electron chi connectivity index (χ3n) is 8.87. The molecule has 0 aliphatic rings. The summed E-state index contributed by atoms with van der Waals surface area (Å²) in [6, 6.07) is 0. The van der Waals surface area contributed by atoms with Crippen LogP contribution in [0.25, 0.3) is 0 Å². The maximum atomic E-state index is 6.32. The molecule has 0 saturated heterocycles. The number of hydrogen-bond acceptors (Lipinski definition) is 2. The number of ether oxygens (including phenoxy) is 2.